The van der Waals surface area contributed by atoms with Crippen molar-refractivity contribution in [2.75, 3.05) is 13.9 Å². The number of methoxy groups -OCH3 is 1. The number of ether oxygens (including phenoxy) is 2. The number of allylic oxidation sites excluding steroid dienone is 2. The monoisotopic (exact) mass is 258 g/mol. The van der Waals surface area contributed by atoms with Gasteiger partial charge in [0.2, 0.25) is 0 Å². The molecule has 0 fully saturated rings. The molecule has 0 amide bonds. The highest BCUT2D eigenvalue weighted by Crippen LogP contribution is 2.17. The van der Waals surface area contributed by atoms with E-state index in [1.54, 1.807) is 14.0 Å². The second kappa shape index (κ2) is 9.11. The van der Waals surface area contributed by atoms with Gasteiger partial charge in [-0.2, -0.15) is 0 Å². The molecule has 0 bridgehead atoms. The lowest BCUT2D eigenvalue weighted by molar-refractivity contribution is -0.141. The molecule has 0 aromatic carbocycles. The van der Waals surface area contributed by atoms with Crippen LogP contribution < -0.4 is 0 Å². The van der Waals surface area contributed by atoms with Gasteiger partial charge in [-0.05, 0) is 32.6 Å². The summed E-state index contributed by atoms with van der Waals surface area (Å²) in [5.74, 6) is -0.694. The normalized spacial score (nSPS) is 17.3. The van der Waals surface area contributed by atoms with Crippen molar-refractivity contribution in [3.05, 3.63) is 11.6 Å². The quantitative estimate of drug-likeness (QED) is 0.510. The Labute approximate surface area is 110 Å². The van der Waals surface area contributed by atoms with Crippen LogP contribution in [-0.4, -0.2) is 31.1 Å². The third kappa shape index (κ3) is 8.25. The first-order valence-electron chi connectivity index (χ1n) is 6.37. The van der Waals surface area contributed by atoms with Gasteiger partial charge in [-0.25, -0.2) is 0 Å². The fourth-order valence-electron chi connectivity index (χ4n) is 1.97. The number of rotatable bonds is 9. The Kier molecular flexibility index (Phi) is 8.67. The molecule has 3 atom stereocenters. The standard InChI is InChI=1S/C14H26O4/c1-10(7-12(3)14(15)16)6-11(2)8-13(4)18-9-17-5/h6,11-13H,7-9H2,1-5H3,(H,15,16)/b10-6+/t11-,12-,13-/m0/s1. The van der Waals surface area contributed by atoms with Gasteiger partial charge in [-0.1, -0.05) is 25.5 Å². The van der Waals surface area contributed by atoms with Crippen LogP contribution in [0.3, 0.4) is 0 Å². The Morgan fingerprint density at radius 1 is 1.33 bits per heavy atom. The van der Waals surface area contributed by atoms with E-state index in [9.17, 15) is 4.79 Å². The minimum atomic E-state index is -0.743. The van der Waals surface area contributed by atoms with Crippen LogP contribution in [0.4, 0.5) is 0 Å². The van der Waals surface area contributed by atoms with E-state index in [1.165, 1.54) is 0 Å². The number of carboxylic acids is 1. The lowest BCUT2D eigenvalue weighted by atomic mass is 9.96. The van der Waals surface area contributed by atoms with Crippen LogP contribution in [0.2, 0.25) is 0 Å². The van der Waals surface area contributed by atoms with E-state index >= 15 is 0 Å². The van der Waals surface area contributed by atoms with E-state index in [2.05, 4.69) is 13.0 Å². The zero-order chi connectivity index (χ0) is 14.1. The molecule has 0 saturated heterocycles. The van der Waals surface area contributed by atoms with E-state index in [-0.39, 0.29) is 12.0 Å². The molecule has 0 rings (SSSR count). The fourth-order valence-corrected chi connectivity index (χ4v) is 1.97. The molecule has 0 unspecified atom stereocenters. The molecule has 106 valence electrons. The minimum absolute atomic E-state index is 0.140. The van der Waals surface area contributed by atoms with E-state index in [0.29, 0.717) is 19.1 Å². The third-order valence-corrected chi connectivity index (χ3v) is 2.79. The summed E-state index contributed by atoms with van der Waals surface area (Å²) in [4.78, 5) is 10.8. The summed E-state index contributed by atoms with van der Waals surface area (Å²) in [6, 6.07) is 0. The predicted molar refractivity (Wildman–Crippen MR) is 71.4 cm³/mol. The Hall–Kier alpha value is -0.870. The van der Waals surface area contributed by atoms with Gasteiger partial charge < -0.3 is 14.6 Å². The number of aliphatic carboxylic acids is 1. The van der Waals surface area contributed by atoms with Crippen molar-refractivity contribution in [2.24, 2.45) is 11.8 Å². The maximum Gasteiger partial charge on any atom is 0.306 e. The molecule has 0 aliphatic carbocycles. The Balaban J connectivity index is 4.10. The van der Waals surface area contributed by atoms with Crippen molar-refractivity contribution in [1.82, 2.24) is 0 Å². The summed E-state index contributed by atoms with van der Waals surface area (Å²) >= 11 is 0. The predicted octanol–water partition coefficient (Wildman–Crippen LogP) is 3.08. The highest BCUT2D eigenvalue weighted by Gasteiger charge is 2.12. The highest BCUT2D eigenvalue weighted by molar-refractivity contribution is 5.69. The fraction of sp³-hybridized carbons (Fsp3) is 0.786. The van der Waals surface area contributed by atoms with Crippen molar-refractivity contribution in [3.63, 3.8) is 0 Å². The maximum absolute atomic E-state index is 10.8. The van der Waals surface area contributed by atoms with Crippen LogP contribution in [-0.2, 0) is 14.3 Å². The summed E-state index contributed by atoms with van der Waals surface area (Å²) in [7, 11) is 1.60. The Morgan fingerprint density at radius 2 is 1.94 bits per heavy atom. The van der Waals surface area contributed by atoms with Crippen molar-refractivity contribution >= 4 is 5.97 Å². The van der Waals surface area contributed by atoms with Gasteiger partial charge in [0.25, 0.3) is 0 Å². The van der Waals surface area contributed by atoms with Gasteiger partial charge in [0.05, 0.1) is 12.0 Å². The van der Waals surface area contributed by atoms with E-state index < -0.39 is 5.97 Å². The maximum atomic E-state index is 10.8. The SMILES string of the molecule is COCO[C@@H](C)C[C@@H](C)/C=C(\C)C[C@H](C)C(=O)O. The minimum Gasteiger partial charge on any atom is -0.481 e. The lowest BCUT2D eigenvalue weighted by Crippen LogP contribution is -2.14. The summed E-state index contributed by atoms with van der Waals surface area (Å²) in [6.45, 7) is 8.15. The largest absolute Gasteiger partial charge is 0.481 e. The molecule has 18 heavy (non-hydrogen) atoms. The number of carboxylic acid groups (broad SMARTS) is 1. The number of hydrogen-bond acceptors (Lipinski definition) is 3. The Morgan fingerprint density at radius 3 is 2.44 bits per heavy atom. The van der Waals surface area contributed by atoms with Gasteiger partial charge in [0.1, 0.15) is 6.79 Å². The molecule has 4 nitrogen and oxygen atoms in total. The van der Waals surface area contributed by atoms with Crippen molar-refractivity contribution in [2.45, 2.75) is 46.6 Å². The Bertz CT molecular complexity index is 273. The van der Waals surface area contributed by atoms with Crippen molar-refractivity contribution < 1.29 is 19.4 Å². The van der Waals surface area contributed by atoms with E-state index in [4.69, 9.17) is 14.6 Å². The van der Waals surface area contributed by atoms with Gasteiger partial charge in [0.15, 0.2) is 0 Å². The van der Waals surface area contributed by atoms with Crippen molar-refractivity contribution in [3.8, 4) is 0 Å². The average molecular weight is 258 g/mol. The van der Waals surface area contributed by atoms with Crippen LogP contribution in [0.25, 0.3) is 0 Å². The molecular weight excluding hydrogens is 232 g/mol. The molecule has 0 aromatic rings. The molecular formula is C14H26O4. The molecule has 0 saturated carbocycles. The summed E-state index contributed by atoms with van der Waals surface area (Å²) in [6.07, 6.45) is 3.78. The number of hydrogen-bond donors (Lipinski definition) is 1. The van der Waals surface area contributed by atoms with E-state index in [1.807, 2.05) is 13.8 Å². The molecule has 0 aliphatic heterocycles. The van der Waals surface area contributed by atoms with Crippen LogP contribution in [0, 0.1) is 11.8 Å². The van der Waals surface area contributed by atoms with Crippen LogP contribution in [0.5, 0.6) is 0 Å². The molecule has 1 N–H and O–H groups in total. The van der Waals surface area contributed by atoms with Crippen LogP contribution in [0.1, 0.15) is 40.5 Å². The highest BCUT2D eigenvalue weighted by atomic mass is 16.7. The van der Waals surface area contributed by atoms with Gasteiger partial charge in [-0.3, -0.25) is 4.79 Å². The molecule has 0 radical (unpaired) electrons. The molecule has 0 spiro atoms. The van der Waals surface area contributed by atoms with E-state index in [0.717, 1.165) is 12.0 Å². The third-order valence-electron chi connectivity index (χ3n) is 2.79. The summed E-state index contributed by atoms with van der Waals surface area (Å²) < 4.78 is 10.3. The van der Waals surface area contributed by atoms with Crippen LogP contribution in [0.15, 0.2) is 11.6 Å². The van der Waals surface area contributed by atoms with Gasteiger partial charge >= 0.3 is 5.97 Å². The summed E-state index contributed by atoms with van der Waals surface area (Å²) in [5.41, 5.74) is 1.12. The smallest absolute Gasteiger partial charge is 0.306 e. The lowest BCUT2D eigenvalue weighted by Gasteiger charge is -2.16. The zero-order valence-electron chi connectivity index (χ0n) is 12.1. The topological polar surface area (TPSA) is 55.8 Å². The first kappa shape index (κ1) is 17.1. The summed E-state index contributed by atoms with van der Waals surface area (Å²) in [5, 5.41) is 8.85. The second-order valence-electron chi connectivity index (χ2n) is 5.05. The number of carbonyl (C=O) groups is 1. The molecule has 0 aromatic heterocycles. The first-order valence-corrected chi connectivity index (χ1v) is 6.37. The van der Waals surface area contributed by atoms with Crippen LogP contribution >= 0.6 is 0 Å². The molecule has 0 aliphatic rings. The zero-order valence-corrected chi connectivity index (χ0v) is 12.1. The molecule has 0 heterocycles. The average Bonchev–Trinajstić information content (AvgIpc) is 2.25. The molecule has 4 heteroatoms. The first-order chi connectivity index (χ1) is 8.36. The van der Waals surface area contributed by atoms with Gasteiger partial charge in [-0.15, -0.1) is 0 Å². The van der Waals surface area contributed by atoms with Crippen molar-refractivity contribution in [1.29, 1.82) is 0 Å². The second-order valence-corrected chi connectivity index (χ2v) is 5.05. The van der Waals surface area contributed by atoms with Gasteiger partial charge in [0, 0.05) is 7.11 Å².